The normalized spacial score (nSPS) is 20.4. The second kappa shape index (κ2) is 8.23. The minimum absolute atomic E-state index is 0.105. The molecule has 1 aliphatic heterocycles. The molecule has 0 saturated carbocycles. The van der Waals surface area contributed by atoms with Crippen molar-refractivity contribution in [3.8, 4) is 0 Å². The summed E-state index contributed by atoms with van der Waals surface area (Å²) in [5.41, 5.74) is 0. The van der Waals surface area contributed by atoms with E-state index in [1.54, 1.807) is 13.8 Å². The van der Waals surface area contributed by atoms with Gasteiger partial charge in [0.05, 0.1) is 12.2 Å². The Morgan fingerprint density at radius 2 is 1.88 bits per heavy atom. The zero-order chi connectivity index (χ0) is 19.5. The van der Waals surface area contributed by atoms with Gasteiger partial charge in [-0.25, -0.2) is 4.79 Å². The van der Waals surface area contributed by atoms with E-state index in [9.17, 15) is 9.90 Å². The Labute approximate surface area is 153 Å². The van der Waals surface area contributed by atoms with Crippen LogP contribution in [0.25, 0.3) is 0 Å². The second-order valence-corrected chi connectivity index (χ2v) is 13.8. The van der Waals surface area contributed by atoms with Gasteiger partial charge in [-0.3, -0.25) is 0 Å². The van der Waals surface area contributed by atoms with E-state index in [4.69, 9.17) is 13.9 Å². The Balaban J connectivity index is 2.40. The third-order valence-corrected chi connectivity index (χ3v) is 9.68. The number of hydrogen-bond acceptors (Lipinski definition) is 5. The highest BCUT2D eigenvalue weighted by Crippen LogP contribution is 2.36. The van der Waals surface area contributed by atoms with Crippen LogP contribution in [-0.2, 0) is 18.7 Å². The zero-order valence-corrected chi connectivity index (χ0v) is 18.1. The summed E-state index contributed by atoms with van der Waals surface area (Å²) in [7, 11) is -1.71. The number of aliphatic hydroxyl groups excluding tert-OH is 1. The molecule has 2 atom stereocenters. The molecular weight excluding hydrogens is 336 g/mol. The van der Waals surface area contributed by atoms with Crippen LogP contribution in [0.3, 0.4) is 0 Å². The van der Waals surface area contributed by atoms with E-state index in [0.29, 0.717) is 12.2 Å². The summed E-state index contributed by atoms with van der Waals surface area (Å²) in [5.74, 6) is -0.804. The predicted molar refractivity (Wildman–Crippen MR) is 102 cm³/mol. The van der Waals surface area contributed by atoms with Crippen LogP contribution in [0.2, 0.25) is 18.1 Å². The summed E-state index contributed by atoms with van der Waals surface area (Å²) < 4.78 is 16.8. The average molecular weight is 373 g/mol. The quantitative estimate of drug-likeness (QED) is 0.389. The van der Waals surface area contributed by atoms with Crippen molar-refractivity contribution in [3.63, 3.8) is 0 Å². The van der Waals surface area contributed by atoms with Gasteiger partial charge >= 0.3 is 5.97 Å². The summed E-state index contributed by atoms with van der Waals surface area (Å²) in [4.78, 5) is 11.6. The first kappa shape index (κ1) is 22.2. The van der Waals surface area contributed by atoms with Crippen LogP contribution in [0.15, 0.2) is 11.8 Å². The first-order chi connectivity index (χ1) is 11.2. The summed E-state index contributed by atoms with van der Waals surface area (Å²) in [5, 5.41) is 10.6. The lowest BCUT2D eigenvalue weighted by molar-refractivity contribution is -0.207. The first-order valence-corrected chi connectivity index (χ1v) is 12.1. The zero-order valence-electron chi connectivity index (χ0n) is 17.1. The Kier molecular flexibility index (Phi) is 7.30. The van der Waals surface area contributed by atoms with Crippen molar-refractivity contribution in [2.45, 2.75) is 90.8 Å². The summed E-state index contributed by atoms with van der Waals surface area (Å²) in [6.07, 6.45) is 2.88. The standard InChI is InChI=1S/C19H36O5Si/c1-14(10-9-11-22-25(7,8)18(2,3)4)16(20)12-15-13-17(21)24-19(5,6)23-15/h13-14,16,20H,9-12H2,1-8H3/t14-,16?/m1/s1. The van der Waals surface area contributed by atoms with Crippen LogP contribution in [0.5, 0.6) is 0 Å². The van der Waals surface area contributed by atoms with E-state index < -0.39 is 26.2 Å². The van der Waals surface area contributed by atoms with Gasteiger partial charge < -0.3 is 19.0 Å². The summed E-state index contributed by atoms with van der Waals surface area (Å²) >= 11 is 0. The van der Waals surface area contributed by atoms with E-state index in [1.807, 2.05) is 6.92 Å². The molecule has 1 unspecified atom stereocenters. The molecule has 1 N–H and O–H groups in total. The lowest BCUT2D eigenvalue weighted by Gasteiger charge is -2.36. The molecule has 1 aliphatic rings. The van der Waals surface area contributed by atoms with Crippen molar-refractivity contribution >= 4 is 14.3 Å². The van der Waals surface area contributed by atoms with Gasteiger partial charge in [0.1, 0.15) is 5.76 Å². The molecule has 0 radical (unpaired) electrons. The van der Waals surface area contributed by atoms with E-state index >= 15 is 0 Å². The number of rotatable bonds is 8. The van der Waals surface area contributed by atoms with Gasteiger partial charge in [0.25, 0.3) is 0 Å². The highest BCUT2D eigenvalue weighted by Gasteiger charge is 2.37. The molecule has 0 amide bonds. The fraction of sp³-hybridized carbons (Fsp3) is 0.842. The monoisotopic (exact) mass is 372 g/mol. The average Bonchev–Trinajstić information content (AvgIpc) is 2.39. The Morgan fingerprint density at radius 1 is 1.28 bits per heavy atom. The Bertz CT molecular complexity index is 491. The second-order valence-electron chi connectivity index (χ2n) is 9.03. The predicted octanol–water partition coefficient (Wildman–Crippen LogP) is 4.37. The van der Waals surface area contributed by atoms with E-state index in [-0.39, 0.29) is 11.0 Å². The third kappa shape index (κ3) is 7.11. The van der Waals surface area contributed by atoms with Crippen LogP contribution in [0.4, 0.5) is 0 Å². The molecule has 1 heterocycles. The van der Waals surface area contributed by atoms with Crippen molar-refractivity contribution in [2.24, 2.45) is 5.92 Å². The number of ether oxygens (including phenoxy) is 2. The van der Waals surface area contributed by atoms with Gasteiger partial charge in [-0.1, -0.05) is 27.7 Å². The number of esters is 1. The van der Waals surface area contributed by atoms with Crippen LogP contribution < -0.4 is 0 Å². The molecule has 0 fully saturated rings. The van der Waals surface area contributed by atoms with Crippen molar-refractivity contribution in [2.75, 3.05) is 6.61 Å². The Morgan fingerprint density at radius 3 is 2.40 bits per heavy atom. The van der Waals surface area contributed by atoms with Crippen molar-refractivity contribution in [1.82, 2.24) is 0 Å². The lowest BCUT2D eigenvalue weighted by atomic mass is 9.96. The molecule has 1 rings (SSSR count). The van der Waals surface area contributed by atoms with Crippen molar-refractivity contribution < 1.29 is 23.8 Å². The summed E-state index contributed by atoms with van der Waals surface area (Å²) in [6.45, 7) is 17.3. The minimum atomic E-state index is -1.71. The molecule has 6 heteroatoms. The highest BCUT2D eigenvalue weighted by atomic mass is 28.4. The molecule has 0 aromatic heterocycles. The van der Waals surface area contributed by atoms with E-state index in [1.165, 1.54) is 6.08 Å². The lowest BCUT2D eigenvalue weighted by Crippen LogP contribution is -2.41. The first-order valence-electron chi connectivity index (χ1n) is 9.18. The molecule has 0 aliphatic carbocycles. The summed E-state index contributed by atoms with van der Waals surface area (Å²) in [6, 6.07) is 0. The van der Waals surface area contributed by atoms with Crippen LogP contribution in [0, 0.1) is 5.92 Å². The fourth-order valence-electron chi connectivity index (χ4n) is 2.42. The fourth-order valence-corrected chi connectivity index (χ4v) is 3.51. The SMILES string of the molecule is C[C@H](CCCO[Si](C)(C)C(C)(C)C)C(O)CC1=CC(=O)OC(C)(C)O1. The van der Waals surface area contributed by atoms with Gasteiger partial charge in [0.15, 0.2) is 8.32 Å². The number of cyclic esters (lactones) is 1. The molecular formula is C19H36O5Si. The maximum absolute atomic E-state index is 11.6. The molecule has 0 aromatic carbocycles. The van der Waals surface area contributed by atoms with Gasteiger partial charge in [-0.05, 0) is 36.9 Å². The molecule has 5 nitrogen and oxygen atoms in total. The van der Waals surface area contributed by atoms with Crippen molar-refractivity contribution in [1.29, 1.82) is 0 Å². The maximum atomic E-state index is 11.6. The van der Waals surface area contributed by atoms with Gasteiger partial charge in [-0.2, -0.15) is 0 Å². The van der Waals surface area contributed by atoms with Gasteiger partial charge in [0, 0.05) is 26.9 Å². The van der Waals surface area contributed by atoms with Crippen LogP contribution >= 0.6 is 0 Å². The largest absolute Gasteiger partial charge is 0.457 e. The van der Waals surface area contributed by atoms with Crippen molar-refractivity contribution in [3.05, 3.63) is 11.8 Å². The van der Waals surface area contributed by atoms with Gasteiger partial charge in [-0.15, -0.1) is 0 Å². The number of carbonyl (C=O) groups excluding carboxylic acids is 1. The minimum Gasteiger partial charge on any atom is -0.457 e. The molecule has 0 spiro atoms. The van der Waals surface area contributed by atoms with Gasteiger partial charge in [0.2, 0.25) is 5.79 Å². The highest BCUT2D eigenvalue weighted by molar-refractivity contribution is 6.74. The molecule has 0 aromatic rings. The number of hydrogen-bond donors (Lipinski definition) is 1. The van der Waals surface area contributed by atoms with E-state index in [0.717, 1.165) is 19.4 Å². The number of aliphatic hydroxyl groups is 1. The molecule has 25 heavy (non-hydrogen) atoms. The topological polar surface area (TPSA) is 65.0 Å². The van der Waals surface area contributed by atoms with Crippen LogP contribution in [-0.4, -0.2) is 37.9 Å². The molecule has 0 saturated heterocycles. The van der Waals surface area contributed by atoms with Crippen LogP contribution in [0.1, 0.15) is 60.8 Å². The smallest absolute Gasteiger partial charge is 0.337 e. The molecule has 146 valence electrons. The third-order valence-electron chi connectivity index (χ3n) is 5.14. The maximum Gasteiger partial charge on any atom is 0.337 e. The Hall–Kier alpha value is -0.853. The van der Waals surface area contributed by atoms with E-state index in [2.05, 4.69) is 33.9 Å². The molecule has 0 bridgehead atoms. The number of carbonyl (C=O) groups is 1.